The molecule has 1 heterocycles. The Morgan fingerprint density at radius 1 is 1.33 bits per heavy atom. The third-order valence-corrected chi connectivity index (χ3v) is 2.80. The monoisotopic (exact) mass is 259 g/mol. The number of benzene rings is 1. The van der Waals surface area contributed by atoms with Crippen LogP contribution in [-0.4, -0.2) is 23.0 Å². The number of nitrogens with zero attached hydrogens (tertiary/aromatic N) is 1. The van der Waals surface area contributed by atoms with Gasteiger partial charge in [-0.1, -0.05) is 17.3 Å². The molecule has 98 valence electrons. The summed E-state index contributed by atoms with van der Waals surface area (Å²) in [6.07, 6.45) is -3.97. The minimum Gasteiger partial charge on any atom is -0.392 e. The Morgan fingerprint density at radius 2 is 1.94 bits per heavy atom. The van der Waals surface area contributed by atoms with Crippen molar-refractivity contribution >= 4 is 5.71 Å². The summed E-state index contributed by atoms with van der Waals surface area (Å²) in [6, 6.07) is 4.72. The predicted octanol–water partition coefficient (Wildman–Crippen LogP) is 2.58. The first-order chi connectivity index (χ1) is 8.34. The number of halogens is 3. The highest BCUT2D eigenvalue weighted by Gasteiger charge is 2.35. The third kappa shape index (κ3) is 2.48. The highest BCUT2D eigenvalue weighted by molar-refractivity contribution is 6.01. The van der Waals surface area contributed by atoms with E-state index in [9.17, 15) is 13.2 Å². The third-order valence-electron chi connectivity index (χ3n) is 2.80. The average molecular weight is 259 g/mol. The van der Waals surface area contributed by atoms with Crippen molar-refractivity contribution in [2.75, 3.05) is 6.61 Å². The van der Waals surface area contributed by atoms with Crippen molar-refractivity contribution in [2.45, 2.75) is 25.1 Å². The molecule has 0 amide bonds. The van der Waals surface area contributed by atoms with Crippen LogP contribution in [0.4, 0.5) is 13.2 Å². The van der Waals surface area contributed by atoms with Crippen molar-refractivity contribution in [3.8, 4) is 0 Å². The summed E-state index contributed by atoms with van der Waals surface area (Å²) < 4.78 is 37.2. The van der Waals surface area contributed by atoms with Crippen molar-refractivity contribution in [3.05, 3.63) is 35.4 Å². The quantitative estimate of drug-likeness (QED) is 0.887. The molecule has 1 N–H and O–H groups in total. The smallest absolute Gasteiger partial charge is 0.392 e. The summed E-state index contributed by atoms with van der Waals surface area (Å²) in [5.41, 5.74) is -0.367. The molecule has 2 rings (SSSR count). The Balaban J connectivity index is 2.17. The molecule has 1 aromatic carbocycles. The van der Waals surface area contributed by atoms with Gasteiger partial charge in [0.2, 0.25) is 0 Å². The van der Waals surface area contributed by atoms with E-state index >= 15 is 0 Å². The van der Waals surface area contributed by atoms with Crippen LogP contribution in [-0.2, 0) is 11.0 Å². The van der Waals surface area contributed by atoms with Gasteiger partial charge in [0.15, 0.2) is 5.60 Å². The fourth-order valence-corrected chi connectivity index (χ4v) is 1.68. The molecule has 1 atom stereocenters. The normalized spacial score (nSPS) is 23.7. The van der Waals surface area contributed by atoms with Gasteiger partial charge in [-0.05, 0) is 24.6 Å². The molecule has 0 saturated heterocycles. The first-order valence-electron chi connectivity index (χ1n) is 5.38. The lowest BCUT2D eigenvalue weighted by molar-refractivity contribution is -0.137. The van der Waals surface area contributed by atoms with Gasteiger partial charge in [0.05, 0.1) is 17.9 Å². The minimum atomic E-state index is -4.34. The van der Waals surface area contributed by atoms with Gasteiger partial charge in [0.1, 0.15) is 0 Å². The summed E-state index contributed by atoms with van der Waals surface area (Å²) in [5.74, 6) is 0. The highest BCUT2D eigenvalue weighted by Crippen LogP contribution is 2.30. The number of aliphatic hydroxyl groups is 1. The van der Waals surface area contributed by atoms with Crippen molar-refractivity contribution < 1.29 is 23.1 Å². The molecule has 1 aliphatic rings. The summed E-state index contributed by atoms with van der Waals surface area (Å²) >= 11 is 0. The van der Waals surface area contributed by atoms with Crippen molar-refractivity contribution in [1.29, 1.82) is 0 Å². The van der Waals surface area contributed by atoms with Crippen molar-refractivity contribution in [1.82, 2.24) is 0 Å². The second-order valence-corrected chi connectivity index (χ2v) is 4.49. The van der Waals surface area contributed by atoms with Crippen molar-refractivity contribution in [3.63, 3.8) is 0 Å². The number of hydrogen-bond acceptors (Lipinski definition) is 3. The topological polar surface area (TPSA) is 41.8 Å². The van der Waals surface area contributed by atoms with Gasteiger partial charge in [0.25, 0.3) is 0 Å². The maximum Gasteiger partial charge on any atom is 0.416 e. The molecule has 0 aromatic heterocycles. The largest absolute Gasteiger partial charge is 0.416 e. The van der Waals surface area contributed by atoms with Crippen LogP contribution < -0.4 is 0 Å². The zero-order valence-corrected chi connectivity index (χ0v) is 9.66. The van der Waals surface area contributed by atoms with Gasteiger partial charge in [0, 0.05) is 6.42 Å². The lowest BCUT2D eigenvalue weighted by Gasteiger charge is -2.17. The molecule has 18 heavy (non-hydrogen) atoms. The lowest BCUT2D eigenvalue weighted by Crippen LogP contribution is -2.29. The molecule has 0 unspecified atom stereocenters. The average Bonchev–Trinajstić information content (AvgIpc) is 2.72. The molecule has 0 aliphatic carbocycles. The van der Waals surface area contributed by atoms with E-state index in [1.807, 2.05) is 0 Å². The van der Waals surface area contributed by atoms with Gasteiger partial charge in [-0.2, -0.15) is 13.2 Å². The van der Waals surface area contributed by atoms with E-state index in [4.69, 9.17) is 9.94 Å². The van der Waals surface area contributed by atoms with E-state index in [2.05, 4.69) is 5.16 Å². The second kappa shape index (κ2) is 4.28. The van der Waals surface area contributed by atoms with Crippen LogP contribution in [0.1, 0.15) is 24.5 Å². The summed E-state index contributed by atoms with van der Waals surface area (Å²) in [5, 5.41) is 12.9. The van der Waals surface area contributed by atoms with Crippen LogP contribution in [0.5, 0.6) is 0 Å². The lowest BCUT2D eigenvalue weighted by atomic mass is 9.96. The molecular weight excluding hydrogens is 247 g/mol. The molecular formula is C12H12F3NO2. The van der Waals surface area contributed by atoms with E-state index < -0.39 is 17.3 Å². The van der Waals surface area contributed by atoms with E-state index in [-0.39, 0.29) is 6.61 Å². The van der Waals surface area contributed by atoms with Crippen LogP contribution in [0, 0.1) is 0 Å². The Labute approximate surface area is 102 Å². The number of alkyl halides is 3. The number of rotatable bonds is 2. The Bertz CT molecular complexity index is 467. The molecule has 1 aromatic rings. The van der Waals surface area contributed by atoms with Crippen LogP contribution >= 0.6 is 0 Å². The molecule has 1 aliphatic heterocycles. The number of oxime groups is 1. The SMILES string of the molecule is C[C@@]1(CO)CC(c2ccc(C(F)(F)F)cc2)=NO1. The number of hydrogen-bond donors (Lipinski definition) is 1. The first kappa shape index (κ1) is 12.9. The fraction of sp³-hybridized carbons (Fsp3) is 0.417. The Kier molecular flexibility index (Phi) is 3.06. The van der Waals surface area contributed by atoms with E-state index in [1.54, 1.807) is 6.92 Å². The summed E-state index contributed by atoms with van der Waals surface area (Å²) in [7, 11) is 0. The molecule has 0 fully saturated rings. The van der Waals surface area contributed by atoms with Gasteiger partial charge < -0.3 is 9.94 Å². The molecule has 0 spiro atoms. The second-order valence-electron chi connectivity index (χ2n) is 4.49. The van der Waals surface area contributed by atoms with Gasteiger partial charge in [-0.3, -0.25) is 0 Å². The van der Waals surface area contributed by atoms with Crippen LogP contribution in [0.25, 0.3) is 0 Å². The Morgan fingerprint density at radius 3 is 2.39 bits per heavy atom. The van der Waals surface area contributed by atoms with E-state index in [0.29, 0.717) is 17.7 Å². The van der Waals surface area contributed by atoms with Crippen LogP contribution in [0.2, 0.25) is 0 Å². The highest BCUT2D eigenvalue weighted by atomic mass is 19.4. The maximum atomic E-state index is 12.4. The van der Waals surface area contributed by atoms with Crippen LogP contribution in [0.3, 0.4) is 0 Å². The molecule has 0 saturated carbocycles. The van der Waals surface area contributed by atoms with Crippen molar-refractivity contribution in [2.24, 2.45) is 5.16 Å². The zero-order valence-electron chi connectivity index (χ0n) is 9.66. The Hall–Kier alpha value is -1.56. The standard InChI is InChI=1S/C12H12F3NO2/c1-11(7-17)6-10(16-18-11)8-2-4-9(5-3-8)12(13,14)15/h2-5,17H,6-7H2,1H3/t11-/m0/s1. The summed E-state index contributed by atoms with van der Waals surface area (Å²) in [6.45, 7) is 1.49. The predicted molar refractivity (Wildman–Crippen MR) is 59.2 cm³/mol. The van der Waals surface area contributed by atoms with Gasteiger partial charge in [-0.15, -0.1) is 0 Å². The molecule has 0 bridgehead atoms. The zero-order chi connectivity index (χ0) is 13.4. The van der Waals surface area contributed by atoms with E-state index in [1.165, 1.54) is 12.1 Å². The number of aliphatic hydroxyl groups excluding tert-OH is 1. The molecule has 6 heteroatoms. The summed E-state index contributed by atoms with van der Waals surface area (Å²) in [4.78, 5) is 5.07. The van der Waals surface area contributed by atoms with Crippen LogP contribution in [0.15, 0.2) is 29.4 Å². The fourth-order valence-electron chi connectivity index (χ4n) is 1.68. The van der Waals surface area contributed by atoms with Gasteiger partial charge >= 0.3 is 6.18 Å². The van der Waals surface area contributed by atoms with Gasteiger partial charge in [-0.25, -0.2) is 0 Å². The molecule has 3 nitrogen and oxygen atoms in total. The minimum absolute atomic E-state index is 0.194. The molecule has 0 radical (unpaired) electrons. The maximum absolute atomic E-state index is 12.4. The first-order valence-corrected chi connectivity index (χ1v) is 5.38. The van der Waals surface area contributed by atoms with E-state index in [0.717, 1.165) is 12.1 Å².